The Morgan fingerprint density at radius 1 is 1.43 bits per heavy atom. The van der Waals surface area contributed by atoms with Gasteiger partial charge in [-0.2, -0.15) is 0 Å². The van der Waals surface area contributed by atoms with Gasteiger partial charge in [0.05, 0.1) is 13.2 Å². The average Bonchev–Trinajstić information content (AvgIpc) is 2.50. The second-order valence-electron chi connectivity index (χ2n) is 5.50. The van der Waals surface area contributed by atoms with Crippen molar-refractivity contribution in [1.82, 2.24) is 5.32 Å². The van der Waals surface area contributed by atoms with Crippen molar-refractivity contribution in [3.63, 3.8) is 0 Å². The third-order valence-corrected chi connectivity index (χ3v) is 3.67. The molecule has 0 bridgehead atoms. The Labute approximate surface area is 126 Å². The van der Waals surface area contributed by atoms with Crippen LogP contribution in [0, 0.1) is 0 Å². The number of hydrogen-bond donors (Lipinski definition) is 2. The molecule has 0 aliphatic carbocycles. The second kappa shape index (κ2) is 7.43. The summed E-state index contributed by atoms with van der Waals surface area (Å²) >= 11 is 0. The molecule has 2 N–H and O–H groups in total. The lowest BCUT2D eigenvalue weighted by atomic mass is 10.2. The topological polar surface area (TPSA) is 53.6 Å². The van der Waals surface area contributed by atoms with Gasteiger partial charge in [0.2, 0.25) is 5.91 Å². The summed E-state index contributed by atoms with van der Waals surface area (Å²) < 4.78 is 5.30. The average molecular weight is 291 g/mol. The number of carbonyl (C=O) groups excluding carboxylic acids is 1. The minimum absolute atomic E-state index is 0.0429. The fraction of sp³-hybridized carbons (Fsp3) is 0.562. The highest BCUT2D eigenvalue weighted by molar-refractivity contribution is 5.95. The summed E-state index contributed by atoms with van der Waals surface area (Å²) in [4.78, 5) is 14.4. The highest BCUT2D eigenvalue weighted by Gasteiger charge is 2.21. The Balaban J connectivity index is 1.97. The summed E-state index contributed by atoms with van der Waals surface area (Å²) in [5.74, 6) is -0.0429. The molecule has 1 atom stereocenters. The molecule has 1 fully saturated rings. The van der Waals surface area contributed by atoms with E-state index >= 15 is 0 Å². The van der Waals surface area contributed by atoms with E-state index in [0.717, 1.165) is 18.8 Å². The first-order chi connectivity index (χ1) is 10.1. The molecule has 21 heavy (non-hydrogen) atoms. The number of rotatable bonds is 5. The zero-order valence-corrected chi connectivity index (χ0v) is 13.1. The lowest BCUT2D eigenvalue weighted by molar-refractivity contribution is -0.120. The first kappa shape index (κ1) is 15.8. The Hall–Kier alpha value is -1.59. The van der Waals surface area contributed by atoms with Crippen LogP contribution in [0.1, 0.15) is 20.8 Å². The third-order valence-electron chi connectivity index (χ3n) is 3.67. The first-order valence-electron chi connectivity index (χ1n) is 7.60. The fourth-order valence-electron chi connectivity index (χ4n) is 2.55. The number of morpholine rings is 1. The van der Waals surface area contributed by atoms with Gasteiger partial charge in [-0.3, -0.25) is 4.79 Å². The molecule has 1 aromatic carbocycles. The fourth-order valence-corrected chi connectivity index (χ4v) is 2.55. The van der Waals surface area contributed by atoms with Gasteiger partial charge in [0, 0.05) is 30.5 Å². The van der Waals surface area contributed by atoms with Crippen LogP contribution >= 0.6 is 0 Å². The van der Waals surface area contributed by atoms with Gasteiger partial charge in [-0.1, -0.05) is 0 Å². The monoisotopic (exact) mass is 291 g/mol. The van der Waals surface area contributed by atoms with Crippen molar-refractivity contribution in [1.29, 1.82) is 0 Å². The molecule has 5 nitrogen and oxygen atoms in total. The van der Waals surface area contributed by atoms with Crippen LogP contribution in [0.5, 0.6) is 0 Å². The zero-order chi connectivity index (χ0) is 15.2. The maximum absolute atomic E-state index is 12.1. The van der Waals surface area contributed by atoms with Gasteiger partial charge in [0.25, 0.3) is 0 Å². The summed E-state index contributed by atoms with van der Waals surface area (Å²) in [6.45, 7) is 9.28. The summed E-state index contributed by atoms with van der Waals surface area (Å²) in [6.07, 6.45) is 0. The van der Waals surface area contributed by atoms with Crippen LogP contribution in [0.15, 0.2) is 24.3 Å². The zero-order valence-electron chi connectivity index (χ0n) is 13.1. The number of hydrogen-bond acceptors (Lipinski definition) is 4. The standard InChI is InChI=1S/C16H25N3O2/c1-4-19(12(2)3)14-7-5-13(6-8-14)18-16(20)15-11-21-10-9-17-15/h5-8,12,15,17H,4,9-11H2,1-3H3,(H,18,20). The SMILES string of the molecule is CCN(c1ccc(NC(=O)C2COCCN2)cc1)C(C)C. The van der Waals surface area contributed by atoms with Gasteiger partial charge in [0.15, 0.2) is 0 Å². The molecule has 0 saturated carbocycles. The second-order valence-corrected chi connectivity index (χ2v) is 5.50. The molecule has 1 aromatic rings. The van der Waals surface area contributed by atoms with Gasteiger partial charge < -0.3 is 20.3 Å². The molecule has 0 aromatic heterocycles. The van der Waals surface area contributed by atoms with Crippen molar-refractivity contribution in [3.05, 3.63) is 24.3 Å². The molecule has 5 heteroatoms. The summed E-state index contributed by atoms with van der Waals surface area (Å²) in [7, 11) is 0. The first-order valence-corrected chi connectivity index (χ1v) is 7.60. The van der Waals surface area contributed by atoms with Crippen molar-refractivity contribution in [2.75, 3.05) is 36.5 Å². The Morgan fingerprint density at radius 3 is 2.67 bits per heavy atom. The highest BCUT2D eigenvalue weighted by atomic mass is 16.5. The molecule has 0 radical (unpaired) electrons. The van der Waals surface area contributed by atoms with E-state index in [-0.39, 0.29) is 11.9 Å². The smallest absolute Gasteiger partial charge is 0.243 e. The van der Waals surface area contributed by atoms with E-state index in [1.54, 1.807) is 0 Å². The maximum Gasteiger partial charge on any atom is 0.243 e. The molecular formula is C16H25N3O2. The van der Waals surface area contributed by atoms with E-state index in [9.17, 15) is 4.79 Å². The van der Waals surface area contributed by atoms with E-state index in [0.29, 0.717) is 19.3 Å². The quantitative estimate of drug-likeness (QED) is 0.869. The van der Waals surface area contributed by atoms with Crippen LogP contribution in [0.25, 0.3) is 0 Å². The third kappa shape index (κ3) is 4.19. The van der Waals surface area contributed by atoms with Crippen LogP contribution in [0.4, 0.5) is 11.4 Å². The van der Waals surface area contributed by atoms with Gasteiger partial charge in [-0.05, 0) is 45.0 Å². The van der Waals surface area contributed by atoms with Crippen LogP contribution in [-0.4, -0.2) is 44.3 Å². The number of carbonyl (C=O) groups is 1. The van der Waals surface area contributed by atoms with Crippen molar-refractivity contribution in [3.8, 4) is 0 Å². The molecule has 1 unspecified atom stereocenters. The summed E-state index contributed by atoms with van der Waals surface area (Å²) in [6, 6.07) is 8.18. The summed E-state index contributed by atoms with van der Waals surface area (Å²) in [5.41, 5.74) is 1.99. The number of ether oxygens (including phenoxy) is 1. The largest absolute Gasteiger partial charge is 0.378 e. The molecule has 1 aliphatic rings. The molecular weight excluding hydrogens is 266 g/mol. The van der Waals surface area contributed by atoms with Crippen molar-refractivity contribution in [2.24, 2.45) is 0 Å². The molecule has 1 heterocycles. The number of nitrogens with one attached hydrogen (secondary N) is 2. The number of amides is 1. The normalized spacial score (nSPS) is 18.6. The van der Waals surface area contributed by atoms with Crippen LogP contribution in [-0.2, 0) is 9.53 Å². The summed E-state index contributed by atoms with van der Waals surface area (Å²) in [5, 5.41) is 6.07. The molecule has 1 aliphatic heterocycles. The van der Waals surface area contributed by atoms with E-state index in [4.69, 9.17) is 4.74 Å². The van der Waals surface area contributed by atoms with Crippen molar-refractivity contribution < 1.29 is 9.53 Å². The van der Waals surface area contributed by atoms with E-state index in [1.165, 1.54) is 5.69 Å². The van der Waals surface area contributed by atoms with Gasteiger partial charge in [0.1, 0.15) is 6.04 Å². The van der Waals surface area contributed by atoms with Gasteiger partial charge in [-0.15, -0.1) is 0 Å². The number of nitrogens with zero attached hydrogens (tertiary/aromatic N) is 1. The molecule has 116 valence electrons. The highest BCUT2D eigenvalue weighted by Crippen LogP contribution is 2.20. The van der Waals surface area contributed by atoms with E-state index < -0.39 is 0 Å². The van der Waals surface area contributed by atoms with E-state index in [1.807, 2.05) is 24.3 Å². The van der Waals surface area contributed by atoms with Crippen molar-refractivity contribution in [2.45, 2.75) is 32.9 Å². The minimum atomic E-state index is -0.263. The van der Waals surface area contributed by atoms with E-state index in [2.05, 4.69) is 36.3 Å². The minimum Gasteiger partial charge on any atom is -0.378 e. The predicted octanol–water partition coefficient (Wildman–Crippen LogP) is 1.85. The van der Waals surface area contributed by atoms with Crippen LogP contribution < -0.4 is 15.5 Å². The van der Waals surface area contributed by atoms with Crippen molar-refractivity contribution >= 4 is 17.3 Å². The molecule has 1 amide bonds. The van der Waals surface area contributed by atoms with Gasteiger partial charge in [-0.25, -0.2) is 0 Å². The molecule has 1 saturated heterocycles. The van der Waals surface area contributed by atoms with Gasteiger partial charge >= 0.3 is 0 Å². The Kier molecular flexibility index (Phi) is 5.59. The number of anilines is 2. The lowest BCUT2D eigenvalue weighted by Gasteiger charge is -2.27. The molecule has 2 rings (SSSR count). The lowest BCUT2D eigenvalue weighted by Crippen LogP contribution is -2.48. The van der Waals surface area contributed by atoms with Crippen LogP contribution in [0.2, 0.25) is 0 Å². The number of benzene rings is 1. The molecule has 0 spiro atoms. The van der Waals surface area contributed by atoms with Crippen LogP contribution in [0.3, 0.4) is 0 Å². The Bertz CT molecular complexity index is 453. The Morgan fingerprint density at radius 2 is 2.14 bits per heavy atom. The maximum atomic E-state index is 12.1. The predicted molar refractivity (Wildman–Crippen MR) is 85.8 cm³/mol.